The fourth-order valence-electron chi connectivity index (χ4n) is 1.98. The number of aryl methyl sites for hydroxylation is 1. The normalized spacial score (nSPS) is 12.6. The van der Waals surface area contributed by atoms with Crippen molar-refractivity contribution in [2.24, 2.45) is 5.73 Å². The van der Waals surface area contributed by atoms with Crippen molar-refractivity contribution in [1.82, 2.24) is 9.55 Å². The minimum absolute atomic E-state index is 0.297. The summed E-state index contributed by atoms with van der Waals surface area (Å²) in [6.07, 6.45) is 6.24. The quantitative estimate of drug-likeness (QED) is 0.877. The second-order valence-electron chi connectivity index (χ2n) is 4.74. The standard InChI is InChI=1S/C15H21N3/c1-3-4-13-5-7-14(8-6-13)15-10-18(11-17-15)12(2)9-16/h5-8,10-12H,3-4,9,16H2,1-2H3/t12-/m1/s1. The zero-order chi connectivity index (χ0) is 13.0. The molecule has 2 rings (SSSR count). The summed E-state index contributed by atoms with van der Waals surface area (Å²) in [4.78, 5) is 4.44. The topological polar surface area (TPSA) is 43.8 Å². The van der Waals surface area contributed by atoms with Gasteiger partial charge in [0.2, 0.25) is 0 Å². The number of hydrogen-bond donors (Lipinski definition) is 1. The molecule has 2 N–H and O–H groups in total. The van der Waals surface area contributed by atoms with Gasteiger partial charge in [0.25, 0.3) is 0 Å². The Morgan fingerprint density at radius 3 is 2.61 bits per heavy atom. The van der Waals surface area contributed by atoms with Crippen LogP contribution in [-0.4, -0.2) is 16.1 Å². The summed E-state index contributed by atoms with van der Waals surface area (Å²) in [6.45, 7) is 4.92. The van der Waals surface area contributed by atoms with Gasteiger partial charge in [-0.1, -0.05) is 37.6 Å². The highest BCUT2D eigenvalue weighted by atomic mass is 15.1. The molecule has 1 atom stereocenters. The van der Waals surface area contributed by atoms with Crippen molar-refractivity contribution in [1.29, 1.82) is 0 Å². The van der Waals surface area contributed by atoms with Gasteiger partial charge in [0.1, 0.15) is 0 Å². The Balaban J connectivity index is 2.18. The number of imidazole rings is 1. The van der Waals surface area contributed by atoms with Crippen molar-refractivity contribution in [3.05, 3.63) is 42.4 Å². The third-order valence-corrected chi connectivity index (χ3v) is 3.24. The summed E-state index contributed by atoms with van der Waals surface area (Å²) in [6, 6.07) is 8.95. The fourth-order valence-corrected chi connectivity index (χ4v) is 1.98. The zero-order valence-electron chi connectivity index (χ0n) is 11.1. The molecule has 3 heteroatoms. The average molecular weight is 243 g/mol. The lowest BCUT2D eigenvalue weighted by Crippen LogP contribution is -2.14. The van der Waals surface area contributed by atoms with E-state index in [2.05, 4.69) is 53.9 Å². The van der Waals surface area contributed by atoms with Crippen molar-refractivity contribution in [2.45, 2.75) is 32.7 Å². The van der Waals surface area contributed by atoms with E-state index in [1.807, 2.05) is 6.33 Å². The van der Waals surface area contributed by atoms with Gasteiger partial charge in [-0.05, 0) is 18.9 Å². The molecular formula is C15H21N3. The Kier molecular flexibility index (Phi) is 4.15. The Hall–Kier alpha value is -1.61. The summed E-state index contributed by atoms with van der Waals surface area (Å²) in [7, 11) is 0. The summed E-state index contributed by atoms with van der Waals surface area (Å²) < 4.78 is 2.06. The Bertz CT molecular complexity index is 485. The van der Waals surface area contributed by atoms with E-state index in [0.29, 0.717) is 12.6 Å². The van der Waals surface area contributed by atoms with E-state index in [-0.39, 0.29) is 0 Å². The van der Waals surface area contributed by atoms with Crippen LogP contribution in [0.5, 0.6) is 0 Å². The lowest BCUT2D eigenvalue weighted by Gasteiger charge is -2.08. The summed E-state index contributed by atoms with van der Waals surface area (Å²) in [5.41, 5.74) is 9.22. The van der Waals surface area contributed by atoms with Crippen molar-refractivity contribution in [3.63, 3.8) is 0 Å². The van der Waals surface area contributed by atoms with Crippen molar-refractivity contribution >= 4 is 0 Å². The summed E-state index contributed by atoms with van der Waals surface area (Å²) >= 11 is 0. The molecule has 0 saturated carbocycles. The molecule has 0 unspecified atom stereocenters. The molecule has 1 aromatic carbocycles. The van der Waals surface area contributed by atoms with Gasteiger partial charge in [-0.3, -0.25) is 0 Å². The van der Waals surface area contributed by atoms with E-state index in [9.17, 15) is 0 Å². The maximum absolute atomic E-state index is 5.66. The van der Waals surface area contributed by atoms with E-state index in [4.69, 9.17) is 5.73 Å². The second-order valence-corrected chi connectivity index (χ2v) is 4.74. The molecule has 0 spiro atoms. The number of nitrogens with zero attached hydrogens (tertiary/aromatic N) is 2. The molecule has 3 nitrogen and oxygen atoms in total. The first-order valence-corrected chi connectivity index (χ1v) is 6.57. The molecule has 0 aliphatic rings. The number of aromatic nitrogens is 2. The molecule has 0 fully saturated rings. The number of nitrogens with two attached hydrogens (primary N) is 1. The molecule has 0 saturated heterocycles. The monoisotopic (exact) mass is 243 g/mol. The maximum atomic E-state index is 5.66. The van der Waals surface area contributed by atoms with E-state index in [1.165, 1.54) is 12.0 Å². The minimum atomic E-state index is 0.297. The van der Waals surface area contributed by atoms with E-state index in [0.717, 1.165) is 17.7 Å². The highest BCUT2D eigenvalue weighted by molar-refractivity contribution is 5.58. The number of hydrogen-bond acceptors (Lipinski definition) is 2. The highest BCUT2D eigenvalue weighted by Crippen LogP contribution is 2.19. The van der Waals surface area contributed by atoms with Gasteiger partial charge in [-0.2, -0.15) is 0 Å². The second kappa shape index (κ2) is 5.83. The van der Waals surface area contributed by atoms with Gasteiger partial charge in [0.05, 0.1) is 12.0 Å². The molecule has 0 amide bonds. The van der Waals surface area contributed by atoms with Crippen molar-refractivity contribution in [3.8, 4) is 11.3 Å². The first-order chi connectivity index (χ1) is 8.74. The third-order valence-electron chi connectivity index (χ3n) is 3.24. The molecule has 0 aliphatic carbocycles. The van der Waals surface area contributed by atoms with Crippen LogP contribution in [0.15, 0.2) is 36.8 Å². The molecule has 18 heavy (non-hydrogen) atoms. The number of benzene rings is 1. The Morgan fingerprint density at radius 1 is 1.28 bits per heavy atom. The van der Waals surface area contributed by atoms with Crippen molar-refractivity contribution < 1.29 is 0 Å². The van der Waals surface area contributed by atoms with Crippen LogP contribution >= 0.6 is 0 Å². The molecule has 0 bridgehead atoms. The van der Waals surface area contributed by atoms with Crippen LogP contribution in [0.2, 0.25) is 0 Å². The van der Waals surface area contributed by atoms with Crippen LogP contribution in [0.3, 0.4) is 0 Å². The van der Waals surface area contributed by atoms with E-state index in [1.54, 1.807) is 0 Å². The maximum Gasteiger partial charge on any atom is 0.0956 e. The summed E-state index contributed by atoms with van der Waals surface area (Å²) in [5.74, 6) is 0. The van der Waals surface area contributed by atoms with Gasteiger partial charge < -0.3 is 10.3 Å². The van der Waals surface area contributed by atoms with Gasteiger partial charge in [-0.15, -0.1) is 0 Å². The minimum Gasteiger partial charge on any atom is -0.333 e. The van der Waals surface area contributed by atoms with Crippen LogP contribution in [-0.2, 0) is 6.42 Å². The van der Waals surface area contributed by atoms with Gasteiger partial charge in [0.15, 0.2) is 0 Å². The van der Waals surface area contributed by atoms with Crippen molar-refractivity contribution in [2.75, 3.05) is 6.54 Å². The molecule has 0 radical (unpaired) electrons. The Labute approximate surface area is 109 Å². The molecule has 0 aliphatic heterocycles. The molecule has 1 heterocycles. The molecular weight excluding hydrogens is 222 g/mol. The lowest BCUT2D eigenvalue weighted by molar-refractivity contribution is 0.558. The average Bonchev–Trinajstić information content (AvgIpc) is 2.89. The van der Waals surface area contributed by atoms with Gasteiger partial charge in [-0.25, -0.2) is 4.98 Å². The van der Waals surface area contributed by atoms with E-state index >= 15 is 0 Å². The van der Waals surface area contributed by atoms with Crippen LogP contribution in [0.4, 0.5) is 0 Å². The van der Waals surface area contributed by atoms with Crippen LogP contribution in [0.1, 0.15) is 31.9 Å². The predicted molar refractivity (Wildman–Crippen MR) is 75.4 cm³/mol. The van der Waals surface area contributed by atoms with Crippen LogP contribution in [0, 0.1) is 0 Å². The molecule has 1 aromatic heterocycles. The lowest BCUT2D eigenvalue weighted by atomic mass is 10.1. The molecule has 96 valence electrons. The van der Waals surface area contributed by atoms with Gasteiger partial charge >= 0.3 is 0 Å². The van der Waals surface area contributed by atoms with E-state index < -0.39 is 0 Å². The zero-order valence-corrected chi connectivity index (χ0v) is 11.1. The fraction of sp³-hybridized carbons (Fsp3) is 0.400. The number of rotatable bonds is 5. The smallest absolute Gasteiger partial charge is 0.0956 e. The van der Waals surface area contributed by atoms with Crippen LogP contribution < -0.4 is 5.73 Å². The SMILES string of the molecule is CCCc1ccc(-c2cn([C@H](C)CN)cn2)cc1. The Morgan fingerprint density at radius 2 is 2.00 bits per heavy atom. The third kappa shape index (κ3) is 2.79. The first kappa shape index (κ1) is 12.8. The first-order valence-electron chi connectivity index (χ1n) is 6.57. The van der Waals surface area contributed by atoms with Gasteiger partial charge in [0, 0.05) is 24.3 Å². The highest BCUT2D eigenvalue weighted by Gasteiger charge is 2.06. The van der Waals surface area contributed by atoms with Crippen LogP contribution in [0.25, 0.3) is 11.3 Å². The largest absolute Gasteiger partial charge is 0.333 e. The summed E-state index contributed by atoms with van der Waals surface area (Å²) in [5, 5.41) is 0. The predicted octanol–water partition coefficient (Wildman–Crippen LogP) is 3.02. The molecule has 2 aromatic rings.